The first-order valence-corrected chi connectivity index (χ1v) is 5.98. The summed E-state index contributed by atoms with van der Waals surface area (Å²) in [6.45, 7) is 0. The number of aromatic nitrogens is 2. The number of imidazole rings is 1. The Balaban J connectivity index is 1.65. The first kappa shape index (κ1) is 9.85. The molecule has 84 valence electrons. The van der Waals surface area contributed by atoms with Gasteiger partial charge in [-0.2, -0.15) is 0 Å². The molecule has 0 amide bonds. The fraction of sp³-hybridized carbons (Fsp3) is 0.462. The minimum Gasteiger partial charge on any atom is -0.342 e. The molecule has 0 unspecified atom stereocenters. The zero-order chi connectivity index (χ0) is 11.0. The molecular formula is C13H17N3. The largest absolute Gasteiger partial charge is 0.342 e. The Labute approximate surface area is 95.1 Å². The average molecular weight is 215 g/mol. The van der Waals surface area contributed by atoms with Gasteiger partial charge in [-0.25, -0.2) is 4.98 Å². The molecule has 16 heavy (non-hydrogen) atoms. The molecule has 1 aromatic carbocycles. The number of aromatic amines is 1. The zero-order valence-corrected chi connectivity index (χ0v) is 9.37. The molecule has 3 rings (SSSR count). The Hall–Kier alpha value is -1.35. The summed E-state index contributed by atoms with van der Waals surface area (Å²) in [5.74, 6) is 1.09. The van der Waals surface area contributed by atoms with E-state index in [1.165, 1.54) is 12.8 Å². The van der Waals surface area contributed by atoms with Gasteiger partial charge < -0.3 is 10.7 Å². The molecule has 2 aromatic rings. The van der Waals surface area contributed by atoms with Crippen molar-refractivity contribution in [2.24, 2.45) is 5.73 Å². The van der Waals surface area contributed by atoms with Crippen LogP contribution in [0.4, 0.5) is 0 Å². The van der Waals surface area contributed by atoms with Crippen LogP contribution in [0.25, 0.3) is 11.0 Å². The number of nitrogens with one attached hydrogen (secondary N) is 1. The van der Waals surface area contributed by atoms with Crippen molar-refractivity contribution < 1.29 is 0 Å². The summed E-state index contributed by atoms with van der Waals surface area (Å²) >= 11 is 0. The standard InChI is InChI=1S/C13H17N3/c14-13(8-9-13)7-3-6-12-15-10-4-1-2-5-11(10)16-12/h1-2,4-5H,3,6-9,14H2,(H,15,16). The maximum atomic E-state index is 6.06. The quantitative estimate of drug-likeness (QED) is 0.822. The molecule has 0 spiro atoms. The van der Waals surface area contributed by atoms with Crippen LogP contribution in [0.1, 0.15) is 31.5 Å². The van der Waals surface area contributed by atoms with E-state index in [4.69, 9.17) is 5.73 Å². The van der Waals surface area contributed by atoms with Gasteiger partial charge in [0.25, 0.3) is 0 Å². The van der Waals surface area contributed by atoms with E-state index in [0.717, 1.165) is 36.1 Å². The van der Waals surface area contributed by atoms with Gasteiger partial charge in [-0.15, -0.1) is 0 Å². The molecule has 1 heterocycles. The van der Waals surface area contributed by atoms with Crippen LogP contribution in [0.2, 0.25) is 0 Å². The van der Waals surface area contributed by atoms with Gasteiger partial charge in [0.2, 0.25) is 0 Å². The number of H-pyrrole nitrogens is 1. The van der Waals surface area contributed by atoms with Gasteiger partial charge in [0.15, 0.2) is 0 Å². The van der Waals surface area contributed by atoms with Crippen molar-refractivity contribution in [3.8, 4) is 0 Å². The van der Waals surface area contributed by atoms with Crippen LogP contribution in [0.3, 0.4) is 0 Å². The maximum absolute atomic E-state index is 6.06. The van der Waals surface area contributed by atoms with Crippen LogP contribution < -0.4 is 5.73 Å². The molecule has 0 aliphatic heterocycles. The smallest absolute Gasteiger partial charge is 0.107 e. The molecule has 1 fully saturated rings. The normalized spacial score (nSPS) is 17.8. The summed E-state index contributed by atoms with van der Waals surface area (Å²) < 4.78 is 0. The zero-order valence-electron chi connectivity index (χ0n) is 9.37. The lowest BCUT2D eigenvalue weighted by molar-refractivity contribution is 0.570. The van der Waals surface area contributed by atoms with Gasteiger partial charge in [0.05, 0.1) is 11.0 Å². The molecule has 1 saturated carbocycles. The predicted molar refractivity (Wildman–Crippen MR) is 65.2 cm³/mol. The fourth-order valence-corrected chi connectivity index (χ4v) is 2.14. The van der Waals surface area contributed by atoms with Crippen molar-refractivity contribution in [3.05, 3.63) is 30.1 Å². The number of benzene rings is 1. The van der Waals surface area contributed by atoms with Crippen molar-refractivity contribution in [3.63, 3.8) is 0 Å². The monoisotopic (exact) mass is 215 g/mol. The molecule has 0 bridgehead atoms. The summed E-state index contributed by atoms with van der Waals surface area (Å²) in [5.41, 5.74) is 8.42. The van der Waals surface area contributed by atoms with Crippen molar-refractivity contribution in [2.75, 3.05) is 0 Å². The van der Waals surface area contributed by atoms with Crippen molar-refractivity contribution in [1.29, 1.82) is 0 Å². The SMILES string of the molecule is NC1(CCCc2nc3ccccc3[nH]2)CC1. The van der Waals surface area contributed by atoms with E-state index < -0.39 is 0 Å². The number of fused-ring (bicyclic) bond motifs is 1. The second-order valence-corrected chi connectivity index (χ2v) is 4.92. The predicted octanol–water partition coefficient (Wildman–Crippen LogP) is 2.38. The number of nitrogens with two attached hydrogens (primary N) is 1. The molecule has 0 radical (unpaired) electrons. The van der Waals surface area contributed by atoms with E-state index in [0.29, 0.717) is 0 Å². The van der Waals surface area contributed by atoms with Crippen molar-refractivity contribution in [2.45, 2.75) is 37.6 Å². The topological polar surface area (TPSA) is 54.7 Å². The summed E-state index contributed by atoms with van der Waals surface area (Å²) in [6, 6.07) is 8.16. The highest BCUT2D eigenvalue weighted by molar-refractivity contribution is 5.74. The van der Waals surface area contributed by atoms with Crippen molar-refractivity contribution in [1.82, 2.24) is 9.97 Å². The Bertz CT molecular complexity index is 464. The van der Waals surface area contributed by atoms with Crippen LogP contribution in [0.15, 0.2) is 24.3 Å². The number of aryl methyl sites for hydroxylation is 1. The Morgan fingerprint density at radius 2 is 2.12 bits per heavy atom. The van der Waals surface area contributed by atoms with Crippen LogP contribution in [-0.4, -0.2) is 15.5 Å². The van der Waals surface area contributed by atoms with Crippen LogP contribution in [0.5, 0.6) is 0 Å². The summed E-state index contributed by atoms with van der Waals surface area (Å²) in [6.07, 6.45) is 5.67. The molecular weight excluding hydrogens is 198 g/mol. The van der Waals surface area contributed by atoms with Crippen molar-refractivity contribution >= 4 is 11.0 Å². The highest BCUT2D eigenvalue weighted by Gasteiger charge is 2.37. The third kappa shape index (κ3) is 1.95. The van der Waals surface area contributed by atoms with E-state index in [9.17, 15) is 0 Å². The number of hydrogen-bond donors (Lipinski definition) is 2. The molecule has 3 heteroatoms. The number of nitrogens with zero attached hydrogens (tertiary/aromatic N) is 1. The average Bonchev–Trinajstić information content (AvgIpc) is 2.87. The van der Waals surface area contributed by atoms with E-state index in [1.54, 1.807) is 0 Å². The van der Waals surface area contributed by atoms with Crippen LogP contribution in [-0.2, 0) is 6.42 Å². The lowest BCUT2D eigenvalue weighted by atomic mass is 10.1. The Morgan fingerprint density at radius 1 is 1.31 bits per heavy atom. The molecule has 1 aliphatic carbocycles. The third-order valence-electron chi connectivity index (χ3n) is 3.42. The first-order chi connectivity index (χ1) is 7.75. The lowest BCUT2D eigenvalue weighted by Crippen LogP contribution is -2.21. The first-order valence-electron chi connectivity index (χ1n) is 5.98. The molecule has 0 atom stereocenters. The van der Waals surface area contributed by atoms with E-state index >= 15 is 0 Å². The minimum absolute atomic E-state index is 0.173. The molecule has 1 aliphatic rings. The number of rotatable bonds is 4. The van der Waals surface area contributed by atoms with Gasteiger partial charge >= 0.3 is 0 Å². The van der Waals surface area contributed by atoms with E-state index in [1.807, 2.05) is 18.2 Å². The van der Waals surface area contributed by atoms with E-state index in [2.05, 4.69) is 16.0 Å². The summed E-state index contributed by atoms with van der Waals surface area (Å²) in [5, 5.41) is 0. The second-order valence-electron chi connectivity index (χ2n) is 4.92. The van der Waals surface area contributed by atoms with Gasteiger partial charge in [0, 0.05) is 12.0 Å². The molecule has 3 N–H and O–H groups in total. The number of hydrogen-bond acceptors (Lipinski definition) is 2. The lowest BCUT2D eigenvalue weighted by Gasteiger charge is -2.05. The molecule has 1 aromatic heterocycles. The highest BCUT2D eigenvalue weighted by Crippen LogP contribution is 2.36. The summed E-state index contributed by atoms with van der Waals surface area (Å²) in [4.78, 5) is 7.91. The third-order valence-corrected chi connectivity index (χ3v) is 3.42. The summed E-state index contributed by atoms with van der Waals surface area (Å²) in [7, 11) is 0. The number of para-hydroxylation sites is 2. The highest BCUT2D eigenvalue weighted by atomic mass is 14.9. The maximum Gasteiger partial charge on any atom is 0.107 e. The Morgan fingerprint density at radius 3 is 2.88 bits per heavy atom. The minimum atomic E-state index is 0.173. The molecule has 0 saturated heterocycles. The van der Waals surface area contributed by atoms with Crippen LogP contribution >= 0.6 is 0 Å². The molecule has 3 nitrogen and oxygen atoms in total. The van der Waals surface area contributed by atoms with Gasteiger partial charge in [-0.05, 0) is 37.8 Å². The fourth-order valence-electron chi connectivity index (χ4n) is 2.14. The van der Waals surface area contributed by atoms with Gasteiger partial charge in [-0.3, -0.25) is 0 Å². The van der Waals surface area contributed by atoms with Crippen LogP contribution in [0, 0.1) is 0 Å². The van der Waals surface area contributed by atoms with Gasteiger partial charge in [0.1, 0.15) is 5.82 Å². The van der Waals surface area contributed by atoms with E-state index in [-0.39, 0.29) is 5.54 Å². The van der Waals surface area contributed by atoms with Gasteiger partial charge in [-0.1, -0.05) is 12.1 Å². The second kappa shape index (κ2) is 3.59. The Kier molecular flexibility index (Phi) is 2.21.